The van der Waals surface area contributed by atoms with Gasteiger partial charge in [0.2, 0.25) is 0 Å². The van der Waals surface area contributed by atoms with Gasteiger partial charge in [-0.1, -0.05) is 24.3 Å². The molecule has 3 heteroatoms. The van der Waals surface area contributed by atoms with E-state index in [4.69, 9.17) is 9.47 Å². The minimum absolute atomic E-state index is 0.129. The number of methoxy groups -OCH3 is 2. The number of hydrogen-bond donors (Lipinski definition) is 1. The third-order valence-electron chi connectivity index (χ3n) is 2.84. The highest BCUT2D eigenvalue weighted by atomic mass is 16.5. The lowest BCUT2D eigenvalue weighted by molar-refractivity contribution is 0.0230. The van der Waals surface area contributed by atoms with Crippen LogP contribution in [0.5, 0.6) is 0 Å². The second-order valence-corrected chi connectivity index (χ2v) is 4.77. The first-order valence-corrected chi connectivity index (χ1v) is 5.90. The summed E-state index contributed by atoms with van der Waals surface area (Å²) in [6.07, 6.45) is 0. The van der Waals surface area contributed by atoms with Crippen LogP contribution in [0.25, 0.3) is 0 Å². The first-order chi connectivity index (χ1) is 8.09. The largest absolute Gasteiger partial charge is 0.380 e. The third-order valence-corrected chi connectivity index (χ3v) is 2.84. The lowest BCUT2D eigenvalue weighted by Crippen LogP contribution is -2.36. The molecule has 0 fully saturated rings. The number of ether oxygens (including phenoxy) is 2. The predicted molar refractivity (Wildman–Crippen MR) is 69.9 cm³/mol. The van der Waals surface area contributed by atoms with Crippen molar-refractivity contribution in [2.24, 2.45) is 0 Å². The van der Waals surface area contributed by atoms with Gasteiger partial charge in [-0.3, -0.25) is 0 Å². The van der Waals surface area contributed by atoms with Crippen LogP contribution in [0.4, 0.5) is 0 Å². The Hall–Kier alpha value is -0.900. The third kappa shape index (κ3) is 4.86. The SMILES string of the molecule is COCc1ccccc1CNCC(C)(C)OC. The fraction of sp³-hybridized carbons (Fsp3) is 0.571. The van der Waals surface area contributed by atoms with Gasteiger partial charge in [-0.25, -0.2) is 0 Å². The summed E-state index contributed by atoms with van der Waals surface area (Å²) >= 11 is 0. The summed E-state index contributed by atoms with van der Waals surface area (Å²) in [5.74, 6) is 0. The monoisotopic (exact) mass is 237 g/mol. The molecule has 0 aliphatic rings. The molecule has 17 heavy (non-hydrogen) atoms. The number of rotatable bonds is 7. The van der Waals surface area contributed by atoms with Crippen LogP contribution < -0.4 is 5.32 Å². The molecule has 0 unspecified atom stereocenters. The maximum Gasteiger partial charge on any atom is 0.0746 e. The zero-order chi connectivity index (χ0) is 12.7. The topological polar surface area (TPSA) is 30.5 Å². The first-order valence-electron chi connectivity index (χ1n) is 5.90. The van der Waals surface area contributed by atoms with Gasteiger partial charge in [0, 0.05) is 27.3 Å². The molecule has 0 atom stereocenters. The van der Waals surface area contributed by atoms with Gasteiger partial charge in [-0.15, -0.1) is 0 Å². The van der Waals surface area contributed by atoms with Gasteiger partial charge >= 0.3 is 0 Å². The number of nitrogens with one attached hydrogen (secondary N) is 1. The summed E-state index contributed by atoms with van der Waals surface area (Å²) in [6, 6.07) is 8.32. The zero-order valence-corrected chi connectivity index (χ0v) is 11.2. The Labute approximate surface area is 104 Å². The Balaban J connectivity index is 2.51. The highest BCUT2D eigenvalue weighted by molar-refractivity contribution is 5.26. The molecular formula is C14H23NO2. The maximum absolute atomic E-state index is 5.37. The van der Waals surface area contributed by atoms with E-state index in [9.17, 15) is 0 Å². The highest BCUT2D eigenvalue weighted by Crippen LogP contribution is 2.11. The van der Waals surface area contributed by atoms with Crippen molar-refractivity contribution in [2.75, 3.05) is 20.8 Å². The molecule has 1 aromatic rings. The van der Waals surface area contributed by atoms with Crippen molar-refractivity contribution in [1.82, 2.24) is 5.32 Å². The molecule has 0 saturated carbocycles. The average molecular weight is 237 g/mol. The minimum Gasteiger partial charge on any atom is -0.380 e. The molecule has 1 rings (SSSR count). The fourth-order valence-electron chi connectivity index (χ4n) is 1.60. The summed E-state index contributed by atoms with van der Waals surface area (Å²) < 4.78 is 10.6. The van der Waals surface area contributed by atoms with Crippen LogP contribution in [0.2, 0.25) is 0 Å². The summed E-state index contributed by atoms with van der Waals surface area (Å²) in [6.45, 7) is 6.46. The Morgan fingerprint density at radius 2 is 1.76 bits per heavy atom. The van der Waals surface area contributed by atoms with Gasteiger partial charge in [0.05, 0.1) is 12.2 Å². The van der Waals surface area contributed by atoms with Crippen LogP contribution in [0.15, 0.2) is 24.3 Å². The van der Waals surface area contributed by atoms with Gasteiger partial charge in [0.25, 0.3) is 0 Å². The van der Waals surface area contributed by atoms with Crippen molar-refractivity contribution in [3.05, 3.63) is 35.4 Å². The quantitative estimate of drug-likeness (QED) is 0.789. The summed E-state index contributed by atoms with van der Waals surface area (Å²) in [5.41, 5.74) is 2.38. The van der Waals surface area contributed by atoms with Crippen LogP contribution >= 0.6 is 0 Å². The summed E-state index contributed by atoms with van der Waals surface area (Å²) in [5, 5.41) is 3.41. The van der Waals surface area contributed by atoms with Crippen LogP contribution in [0.1, 0.15) is 25.0 Å². The van der Waals surface area contributed by atoms with E-state index < -0.39 is 0 Å². The predicted octanol–water partition coefficient (Wildman–Crippen LogP) is 2.35. The summed E-state index contributed by atoms with van der Waals surface area (Å²) in [4.78, 5) is 0. The molecule has 0 heterocycles. The molecule has 0 aliphatic carbocycles. The minimum atomic E-state index is -0.129. The Kier molecular flexibility index (Phi) is 5.62. The Bertz CT molecular complexity index is 337. The molecule has 0 aliphatic heterocycles. The van der Waals surface area contributed by atoms with Crippen molar-refractivity contribution in [3.63, 3.8) is 0 Å². The molecule has 1 N–H and O–H groups in total. The van der Waals surface area contributed by atoms with E-state index >= 15 is 0 Å². The van der Waals surface area contributed by atoms with E-state index in [0.717, 1.165) is 13.1 Å². The van der Waals surface area contributed by atoms with E-state index in [2.05, 4.69) is 37.4 Å². The molecule has 0 aromatic heterocycles. The van der Waals surface area contributed by atoms with Crippen LogP contribution in [-0.4, -0.2) is 26.4 Å². The van der Waals surface area contributed by atoms with Crippen molar-refractivity contribution >= 4 is 0 Å². The molecule has 1 aromatic carbocycles. The first kappa shape index (κ1) is 14.2. The standard InChI is InChI=1S/C14H23NO2/c1-14(2,17-4)11-15-9-12-7-5-6-8-13(12)10-16-3/h5-8,15H,9-11H2,1-4H3. The maximum atomic E-state index is 5.37. The molecule has 96 valence electrons. The van der Waals surface area contributed by atoms with Crippen molar-refractivity contribution in [3.8, 4) is 0 Å². The fourth-order valence-corrected chi connectivity index (χ4v) is 1.60. The van der Waals surface area contributed by atoms with E-state index in [1.807, 2.05) is 6.07 Å². The lowest BCUT2D eigenvalue weighted by Gasteiger charge is -2.23. The van der Waals surface area contributed by atoms with Crippen molar-refractivity contribution in [2.45, 2.75) is 32.6 Å². The average Bonchev–Trinajstić information content (AvgIpc) is 2.31. The molecule has 0 saturated heterocycles. The number of hydrogen-bond acceptors (Lipinski definition) is 3. The van der Waals surface area contributed by atoms with Gasteiger partial charge in [-0.05, 0) is 25.0 Å². The van der Waals surface area contributed by atoms with E-state index in [1.165, 1.54) is 11.1 Å². The molecule has 0 bridgehead atoms. The normalized spacial score (nSPS) is 11.8. The van der Waals surface area contributed by atoms with Gasteiger partial charge in [-0.2, -0.15) is 0 Å². The number of benzene rings is 1. The van der Waals surface area contributed by atoms with Crippen LogP contribution in [0.3, 0.4) is 0 Å². The molecule has 0 radical (unpaired) electrons. The molecule has 3 nitrogen and oxygen atoms in total. The summed E-state index contributed by atoms with van der Waals surface area (Å²) in [7, 11) is 3.46. The van der Waals surface area contributed by atoms with E-state index in [-0.39, 0.29) is 5.60 Å². The van der Waals surface area contributed by atoms with Gasteiger partial charge in [0.1, 0.15) is 0 Å². The smallest absolute Gasteiger partial charge is 0.0746 e. The van der Waals surface area contributed by atoms with Crippen molar-refractivity contribution in [1.29, 1.82) is 0 Å². The lowest BCUT2D eigenvalue weighted by atomic mass is 10.1. The van der Waals surface area contributed by atoms with Gasteiger partial charge < -0.3 is 14.8 Å². The Morgan fingerprint density at radius 1 is 1.12 bits per heavy atom. The molecule has 0 amide bonds. The van der Waals surface area contributed by atoms with Gasteiger partial charge in [0.15, 0.2) is 0 Å². The van der Waals surface area contributed by atoms with Crippen LogP contribution in [0, 0.1) is 0 Å². The molecule has 0 spiro atoms. The van der Waals surface area contributed by atoms with Crippen molar-refractivity contribution < 1.29 is 9.47 Å². The molecular weight excluding hydrogens is 214 g/mol. The second-order valence-electron chi connectivity index (χ2n) is 4.77. The zero-order valence-electron chi connectivity index (χ0n) is 11.2. The second kappa shape index (κ2) is 6.74. The highest BCUT2D eigenvalue weighted by Gasteiger charge is 2.15. The van der Waals surface area contributed by atoms with Crippen LogP contribution in [-0.2, 0) is 22.6 Å². The Morgan fingerprint density at radius 3 is 2.35 bits per heavy atom. The van der Waals surface area contributed by atoms with E-state index in [0.29, 0.717) is 6.61 Å². The van der Waals surface area contributed by atoms with E-state index in [1.54, 1.807) is 14.2 Å².